The fourth-order valence-electron chi connectivity index (χ4n) is 3.16. The molecule has 0 saturated carbocycles. The standard InChI is InChI=1S/C15H18N4O3/c1-11-16-17-13-10-12(2-5-19(11)13)14(20)18-6-3-15(4-7-18)21-8-9-22-15/h2,5,10H,3-4,6-9H2,1H3. The van der Waals surface area contributed by atoms with Crippen LogP contribution in [0.2, 0.25) is 0 Å². The van der Waals surface area contributed by atoms with Crippen molar-refractivity contribution in [3.63, 3.8) is 0 Å². The van der Waals surface area contributed by atoms with Gasteiger partial charge in [0.15, 0.2) is 11.4 Å². The highest BCUT2D eigenvalue weighted by atomic mass is 16.7. The summed E-state index contributed by atoms with van der Waals surface area (Å²) in [5, 5.41) is 8.08. The number of rotatable bonds is 1. The largest absolute Gasteiger partial charge is 0.347 e. The molecule has 0 N–H and O–H groups in total. The third kappa shape index (κ3) is 2.17. The quantitative estimate of drug-likeness (QED) is 0.786. The second-order valence-electron chi connectivity index (χ2n) is 5.79. The van der Waals surface area contributed by atoms with Gasteiger partial charge in [-0.05, 0) is 19.1 Å². The molecule has 2 aromatic rings. The number of fused-ring (bicyclic) bond motifs is 1. The van der Waals surface area contributed by atoms with Gasteiger partial charge in [-0.15, -0.1) is 10.2 Å². The number of likely N-dealkylation sites (tertiary alicyclic amines) is 1. The molecule has 0 aliphatic carbocycles. The average molecular weight is 302 g/mol. The van der Waals surface area contributed by atoms with E-state index in [1.165, 1.54) is 0 Å². The first-order valence-corrected chi connectivity index (χ1v) is 7.55. The van der Waals surface area contributed by atoms with Crippen molar-refractivity contribution in [2.75, 3.05) is 26.3 Å². The Hall–Kier alpha value is -1.99. The van der Waals surface area contributed by atoms with Gasteiger partial charge in [-0.3, -0.25) is 9.20 Å². The summed E-state index contributed by atoms with van der Waals surface area (Å²) in [5.41, 5.74) is 1.34. The van der Waals surface area contributed by atoms with E-state index in [-0.39, 0.29) is 5.91 Å². The number of carbonyl (C=O) groups is 1. The Bertz CT molecular complexity index is 711. The van der Waals surface area contributed by atoms with Crippen LogP contribution in [0, 0.1) is 6.92 Å². The highest BCUT2D eigenvalue weighted by molar-refractivity contribution is 5.95. The summed E-state index contributed by atoms with van der Waals surface area (Å²) in [4.78, 5) is 14.5. The maximum atomic E-state index is 12.6. The van der Waals surface area contributed by atoms with Gasteiger partial charge >= 0.3 is 0 Å². The van der Waals surface area contributed by atoms with Crippen LogP contribution in [0.3, 0.4) is 0 Å². The van der Waals surface area contributed by atoms with Crippen LogP contribution in [0.1, 0.15) is 29.0 Å². The molecule has 7 nitrogen and oxygen atoms in total. The molecule has 116 valence electrons. The fourth-order valence-corrected chi connectivity index (χ4v) is 3.16. The predicted molar refractivity (Wildman–Crippen MR) is 77.5 cm³/mol. The van der Waals surface area contributed by atoms with Crippen LogP contribution >= 0.6 is 0 Å². The zero-order valence-electron chi connectivity index (χ0n) is 12.5. The first-order valence-electron chi connectivity index (χ1n) is 7.55. The summed E-state index contributed by atoms with van der Waals surface area (Å²) in [5.74, 6) is 0.380. The number of aromatic nitrogens is 3. The van der Waals surface area contributed by atoms with Crippen LogP contribution in [0.25, 0.3) is 5.65 Å². The van der Waals surface area contributed by atoms with Crippen molar-refractivity contribution in [2.24, 2.45) is 0 Å². The number of ether oxygens (including phenoxy) is 2. The minimum Gasteiger partial charge on any atom is -0.347 e. The van der Waals surface area contributed by atoms with E-state index in [0.717, 1.165) is 18.7 Å². The number of pyridine rings is 1. The number of nitrogens with zero attached hydrogens (tertiary/aromatic N) is 4. The molecule has 0 aromatic carbocycles. The van der Waals surface area contributed by atoms with Crippen LogP contribution in [0.4, 0.5) is 0 Å². The lowest BCUT2D eigenvalue weighted by Crippen LogP contribution is -2.47. The van der Waals surface area contributed by atoms with Crippen molar-refractivity contribution < 1.29 is 14.3 Å². The van der Waals surface area contributed by atoms with Crippen molar-refractivity contribution in [3.8, 4) is 0 Å². The zero-order chi connectivity index (χ0) is 15.2. The maximum absolute atomic E-state index is 12.6. The third-order valence-corrected chi connectivity index (χ3v) is 4.45. The fraction of sp³-hybridized carbons (Fsp3) is 0.533. The van der Waals surface area contributed by atoms with Gasteiger partial charge in [-0.2, -0.15) is 0 Å². The summed E-state index contributed by atoms with van der Waals surface area (Å²) in [7, 11) is 0. The molecule has 2 aromatic heterocycles. The molecule has 4 heterocycles. The first-order chi connectivity index (χ1) is 10.7. The Morgan fingerprint density at radius 2 is 1.95 bits per heavy atom. The van der Waals surface area contributed by atoms with E-state index in [0.29, 0.717) is 37.5 Å². The summed E-state index contributed by atoms with van der Waals surface area (Å²) in [6.07, 6.45) is 3.29. The topological polar surface area (TPSA) is 69.0 Å². The molecule has 7 heteroatoms. The highest BCUT2D eigenvalue weighted by Crippen LogP contribution is 2.31. The Balaban J connectivity index is 1.51. The molecule has 0 radical (unpaired) electrons. The van der Waals surface area contributed by atoms with E-state index in [4.69, 9.17) is 9.47 Å². The second-order valence-corrected chi connectivity index (χ2v) is 5.79. The molecule has 22 heavy (non-hydrogen) atoms. The Morgan fingerprint density at radius 3 is 2.68 bits per heavy atom. The van der Waals surface area contributed by atoms with Crippen LogP contribution in [0.15, 0.2) is 18.3 Å². The van der Waals surface area contributed by atoms with Gasteiger partial charge in [-0.1, -0.05) is 0 Å². The Morgan fingerprint density at radius 1 is 1.23 bits per heavy atom. The predicted octanol–water partition coefficient (Wildman–Crippen LogP) is 1.02. The molecule has 1 spiro atoms. The molecule has 0 unspecified atom stereocenters. The zero-order valence-corrected chi connectivity index (χ0v) is 12.5. The lowest BCUT2D eigenvalue weighted by molar-refractivity contribution is -0.181. The number of carbonyl (C=O) groups excluding carboxylic acids is 1. The molecule has 4 rings (SSSR count). The lowest BCUT2D eigenvalue weighted by Gasteiger charge is -2.37. The molecule has 2 saturated heterocycles. The minimum absolute atomic E-state index is 0.0241. The average Bonchev–Trinajstić information content (AvgIpc) is 3.15. The Kier molecular flexibility index (Phi) is 3.12. The van der Waals surface area contributed by atoms with Crippen molar-refractivity contribution in [3.05, 3.63) is 29.7 Å². The van der Waals surface area contributed by atoms with Gasteiger partial charge < -0.3 is 14.4 Å². The normalized spacial score (nSPS) is 20.9. The van der Waals surface area contributed by atoms with Gasteiger partial charge in [0.1, 0.15) is 5.82 Å². The number of piperidine rings is 1. The van der Waals surface area contributed by atoms with Crippen LogP contribution in [0.5, 0.6) is 0 Å². The van der Waals surface area contributed by atoms with E-state index in [9.17, 15) is 4.79 Å². The SMILES string of the molecule is Cc1nnc2cc(C(=O)N3CCC4(CC3)OCCO4)ccn12. The Labute approximate surface area is 127 Å². The first kappa shape index (κ1) is 13.7. The van der Waals surface area contributed by atoms with Gasteiger partial charge in [0, 0.05) is 37.7 Å². The molecule has 2 fully saturated rings. The van der Waals surface area contributed by atoms with E-state index in [1.54, 1.807) is 6.07 Å². The molecular formula is C15H18N4O3. The summed E-state index contributed by atoms with van der Waals surface area (Å²) in [6, 6.07) is 3.61. The van der Waals surface area contributed by atoms with Crippen LogP contribution < -0.4 is 0 Å². The third-order valence-electron chi connectivity index (χ3n) is 4.45. The van der Waals surface area contributed by atoms with Crippen LogP contribution in [-0.2, 0) is 9.47 Å². The van der Waals surface area contributed by atoms with Gasteiger partial charge in [-0.25, -0.2) is 0 Å². The van der Waals surface area contributed by atoms with E-state index in [1.807, 2.05) is 28.5 Å². The van der Waals surface area contributed by atoms with Crippen molar-refractivity contribution in [1.82, 2.24) is 19.5 Å². The molecule has 2 aliphatic rings. The summed E-state index contributed by atoms with van der Waals surface area (Å²) < 4.78 is 13.3. The van der Waals surface area contributed by atoms with Crippen molar-refractivity contribution in [2.45, 2.75) is 25.6 Å². The van der Waals surface area contributed by atoms with Crippen LogP contribution in [-0.4, -0.2) is 57.5 Å². The van der Waals surface area contributed by atoms with E-state index in [2.05, 4.69) is 10.2 Å². The molecular weight excluding hydrogens is 284 g/mol. The second kappa shape index (κ2) is 5.03. The number of hydrogen-bond acceptors (Lipinski definition) is 5. The monoisotopic (exact) mass is 302 g/mol. The molecule has 2 aliphatic heterocycles. The van der Waals surface area contributed by atoms with Gasteiger partial charge in [0.2, 0.25) is 0 Å². The van der Waals surface area contributed by atoms with Crippen molar-refractivity contribution >= 4 is 11.6 Å². The number of hydrogen-bond donors (Lipinski definition) is 0. The summed E-state index contributed by atoms with van der Waals surface area (Å²) >= 11 is 0. The molecule has 0 atom stereocenters. The molecule has 1 amide bonds. The lowest BCUT2D eigenvalue weighted by atomic mass is 10.0. The highest BCUT2D eigenvalue weighted by Gasteiger charge is 2.40. The smallest absolute Gasteiger partial charge is 0.254 e. The van der Waals surface area contributed by atoms with Gasteiger partial charge in [0.05, 0.1) is 13.2 Å². The van der Waals surface area contributed by atoms with Crippen molar-refractivity contribution in [1.29, 1.82) is 0 Å². The number of amides is 1. The van der Waals surface area contributed by atoms with E-state index < -0.39 is 5.79 Å². The number of aryl methyl sites for hydroxylation is 1. The van der Waals surface area contributed by atoms with E-state index >= 15 is 0 Å². The maximum Gasteiger partial charge on any atom is 0.254 e. The molecule has 0 bridgehead atoms. The summed E-state index contributed by atoms with van der Waals surface area (Å²) in [6.45, 7) is 4.48. The van der Waals surface area contributed by atoms with Gasteiger partial charge in [0.25, 0.3) is 5.91 Å². The minimum atomic E-state index is -0.454.